The molecule has 0 saturated carbocycles. The van der Waals surface area contributed by atoms with Crippen LogP contribution in [0.3, 0.4) is 0 Å². The Morgan fingerprint density at radius 1 is 1.06 bits per heavy atom. The molecule has 7 nitrogen and oxygen atoms in total. The minimum absolute atomic E-state index is 0.0464. The predicted octanol–water partition coefficient (Wildman–Crippen LogP) is 3.11. The predicted molar refractivity (Wildman–Crippen MR) is 120 cm³/mol. The Morgan fingerprint density at radius 3 is 2.68 bits per heavy atom. The number of carbonyl (C=O) groups is 2. The van der Waals surface area contributed by atoms with Gasteiger partial charge in [0.2, 0.25) is 5.91 Å². The first-order valence-electron chi connectivity index (χ1n) is 10.3. The van der Waals surface area contributed by atoms with Crippen LogP contribution in [0, 0.1) is 13.8 Å². The summed E-state index contributed by atoms with van der Waals surface area (Å²) in [5, 5.41) is 11.2. The molecule has 4 aromatic rings. The summed E-state index contributed by atoms with van der Waals surface area (Å²) in [6.45, 7) is 4.38. The van der Waals surface area contributed by atoms with Crippen LogP contribution in [-0.4, -0.2) is 33.5 Å². The summed E-state index contributed by atoms with van der Waals surface area (Å²) < 4.78 is 1.87. The van der Waals surface area contributed by atoms with Crippen molar-refractivity contribution in [3.63, 3.8) is 0 Å². The molecule has 0 atom stereocenters. The first-order chi connectivity index (χ1) is 15.0. The Hall–Kier alpha value is -3.74. The number of rotatable bonds is 6. The van der Waals surface area contributed by atoms with Gasteiger partial charge in [0.05, 0.1) is 5.52 Å². The van der Waals surface area contributed by atoms with Crippen LogP contribution in [0.25, 0.3) is 16.6 Å². The van der Waals surface area contributed by atoms with Gasteiger partial charge in [-0.05, 0) is 55.7 Å². The quantitative estimate of drug-likeness (QED) is 0.506. The number of hydrogen-bond acceptors (Lipinski definition) is 4. The fourth-order valence-electron chi connectivity index (χ4n) is 3.83. The van der Waals surface area contributed by atoms with E-state index in [-0.39, 0.29) is 11.8 Å². The van der Waals surface area contributed by atoms with Gasteiger partial charge in [-0.15, -0.1) is 0 Å². The van der Waals surface area contributed by atoms with Gasteiger partial charge in [-0.2, -0.15) is 5.10 Å². The molecule has 0 bridgehead atoms. The van der Waals surface area contributed by atoms with Crippen molar-refractivity contribution in [3.8, 4) is 0 Å². The highest BCUT2D eigenvalue weighted by Gasteiger charge is 2.15. The molecule has 2 heterocycles. The molecule has 0 spiro atoms. The van der Waals surface area contributed by atoms with Crippen molar-refractivity contribution < 1.29 is 9.59 Å². The summed E-state index contributed by atoms with van der Waals surface area (Å²) in [5.74, 6) is -0.192. The molecule has 0 aliphatic heterocycles. The molecule has 0 aliphatic carbocycles. The molecule has 7 heteroatoms. The van der Waals surface area contributed by atoms with E-state index in [2.05, 4.69) is 15.7 Å². The van der Waals surface area contributed by atoms with Crippen LogP contribution in [0.1, 0.15) is 39.3 Å². The monoisotopic (exact) mass is 415 g/mol. The molecule has 2 aromatic heterocycles. The Balaban J connectivity index is 1.45. The largest absolute Gasteiger partial charge is 0.355 e. The van der Waals surface area contributed by atoms with Crippen molar-refractivity contribution in [3.05, 3.63) is 76.6 Å². The summed E-state index contributed by atoms with van der Waals surface area (Å²) in [7, 11) is 1.60. The third-order valence-corrected chi connectivity index (χ3v) is 5.53. The fraction of sp³-hybridized carbons (Fsp3) is 0.250. The molecule has 31 heavy (non-hydrogen) atoms. The maximum Gasteiger partial charge on any atom is 0.251 e. The molecule has 0 aliphatic rings. The van der Waals surface area contributed by atoms with E-state index in [0.717, 1.165) is 39.1 Å². The summed E-state index contributed by atoms with van der Waals surface area (Å²) in [6, 6.07) is 15.2. The number of fused-ring (bicyclic) bond motifs is 3. The highest BCUT2D eigenvalue weighted by atomic mass is 16.2. The first-order valence-corrected chi connectivity index (χ1v) is 10.3. The van der Waals surface area contributed by atoms with Crippen molar-refractivity contribution in [2.75, 3.05) is 7.05 Å². The minimum Gasteiger partial charge on any atom is -0.355 e. The lowest BCUT2D eigenvalue weighted by atomic mass is 10.1. The fourth-order valence-corrected chi connectivity index (χ4v) is 3.83. The zero-order valence-corrected chi connectivity index (χ0v) is 17.9. The third kappa shape index (κ3) is 4.12. The molecule has 158 valence electrons. The van der Waals surface area contributed by atoms with Crippen molar-refractivity contribution in [1.82, 2.24) is 25.2 Å². The molecule has 2 N–H and O–H groups in total. The number of amides is 2. The Morgan fingerprint density at radius 2 is 1.87 bits per heavy atom. The minimum atomic E-state index is -0.145. The van der Waals surface area contributed by atoms with Crippen LogP contribution in [0.5, 0.6) is 0 Å². The van der Waals surface area contributed by atoms with E-state index >= 15 is 0 Å². The van der Waals surface area contributed by atoms with Gasteiger partial charge in [0, 0.05) is 42.4 Å². The second kappa shape index (κ2) is 8.55. The molecule has 2 aromatic carbocycles. The number of aryl methyl sites for hydroxylation is 2. The topological polar surface area (TPSA) is 88.4 Å². The van der Waals surface area contributed by atoms with Gasteiger partial charge in [0.25, 0.3) is 5.91 Å². The van der Waals surface area contributed by atoms with Crippen molar-refractivity contribution >= 4 is 28.4 Å². The van der Waals surface area contributed by atoms with Gasteiger partial charge in [-0.3, -0.25) is 9.59 Å². The van der Waals surface area contributed by atoms with E-state index in [1.54, 1.807) is 19.2 Å². The van der Waals surface area contributed by atoms with E-state index < -0.39 is 0 Å². The average Bonchev–Trinajstić information content (AvgIpc) is 3.16. The van der Waals surface area contributed by atoms with Crippen molar-refractivity contribution in [2.24, 2.45) is 0 Å². The van der Waals surface area contributed by atoms with E-state index in [9.17, 15) is 9.59 Å². The Kier molecular flexibility index (Phi) is 5.66. The van der Waals surface area contributed by atoms with Gasteiger partial charge in [0.1, 0.15) is 0 Å². The standard InChI is InChI=1S/C24H25N5O2/c1-15-19(16(2)29-23(27-15)20-9-4-5-10-21(20)28-29)11-12-22(30)26-14-17-7-6-8-18(13-17)24(31)25-3/h4-10,13H,11-12,14H2,1-3H3,(H,25,31)(H,26,30). The molecule has 0 radical (unpaired) electrons. The van der Waals surface area contributed by atoms with Crippen LogP contribution in [0.4, 0.5) is 0 Å². The van der Waals surface area contributed by atoms with Crippen LogP contribution < -0.4 is 10.6 Å². The van der Waals surface area contributed by atoms with E-state index in [4.69, 9.17) is 4.98 Å². The van der Waals surface area contributed by atoms with E-state index in [1.165, 1.54) is 0 Å². The number of hydrogen-bond donors (Lipinski definition) is 2. The summed E-state index contributed by atoms with van der Waals surface area (Å²) in [6.07, 6.45) is 0.936. The summed E-state index contributed by atoms with van der Waals surface area (Å²) >= 11 is 0. The number of nitrogens with one attached hydrogen (secondary N) is 2. The SMILES string of the molecule is CNC(=O)c1cccc(CNC(=O)CCc2c(C)nc3c4ccccc4nn3c2C)c1. The number of carbonyl (C=O) groups excluding carboxylic acids is 2. The molecular weight excluding hydrogens is 390 g/mol. The van der Waals surface area contributed by atoms with Gasteiger partial charge in [0.15, 0.2) is 5.65 Å². The van der Waals surface area contributed by atoms with Gasteiger partial charge < -0.3 is 10.6 Å². The Labute approximate surface area is 180 Å². The van der Waals surface area contributed by atoms with Gasteiger partial charge in [-0.25, -0.2) is 9.50 Å². The van der Waals surface area contributed by atoms with Gasteiger partial charge in [-0.1, -0.05) is 24.3 Å². The molecule has 0 unspecified atom stereocenters. The lowest BCUT2D eigenvalue weighted by molar-refractivity contribution is -0.121. The van der Waals surface area contributed by atoms with Crippen LogP contribution in [0.15, 0.2) is 48.5 Å². The average molecular weight is 415 g/mol. The van der Waals surface area contributed by atoms with Crippen molar-refractivity contribution in [2.45, 2.75) is 33.2 Å². The first kappa shape index (κ1) is 20.5. The lowest BCUT2D eigenvalue weighted by Crippen LogP contribution is -2.24. The lowest BCUT2D eigenvalue weighted by Gasteiger charge is -2.11. The van der Waals surface area contributed by atoms with Gasteiger partial charge >= 0.3 is 0 Å². The van der Waals surface area contributed by atoms with Crippen molar-refractivity contribution in [1.29, 1.82) is 0 Å². The molecular formula is C24H25N5O2. The molecule has 2 amide bonds. The smallest absolute Gasteiger partial charge is 0.251 e. The van der Waals surface area contributed by atoms with Crippen LogP contribution in [-0.2, 0) is 17.8 Å². The van der Waals surface area contributed by atoms with E-state index in [0.29, 0.717) is 24.9 Å². The normalized spacial score (nSPS) is 11.1. The number of nitrogens with zero attached hydrogens (tertiary/aromatic N) is 3. The summed E-state index contributed by atoms with van der Waals surface area (Å²) in [5.41, 5.74) is 6.17. The highest BCUT2D eigenvalue weighted by Crippen LogP contribution is 2.22. The maximum absolute atomic E-state index is 12.5. The zero-order chi connectivity index (χ0) is 22.0. The summed E-state index contributed by atoms with van der Waals surface area (Å²) in [4.78, 5) is 29.0. The highest BCUT2D eigenvalue weighted by molar-refractivity contribution is 5.94. The van der Waals surface area contributed by atoms with Crippen LogP contribution >= 0.6 is 0 Å². The Bertz CT molecular complexity index is 1290. The van der Waals surface area contributed by atoms with Crippen LogP contribution in [0.2, 0.25) is 0 Å². The zero-order valence-electron chi connectivity index (χ0n) is 17.9. The number of aromatic nitrogens is 3. The van der Waals surface area contributed by atoms with E-state index in [1.807, 2.05) is 54.8 Å². The third-order valence-electron chi connectivity index (χ3n) is 5.53. The molecule has 0 fully saturated rings. The second-order valence-electron chi connectivity index (χ2n) is 7.57. The molecule has 0 saturated heterocycles. The molecule has 4 rings (SSSR count). The second-order valence-corrected chi connectivity index (χ2v) is 7.57. The number of benzene rings is 2. The maximum atomic E-state index is 12.5.